The van der Waals surface area contributed by atoms with Crippen LogP contribution in [0.25, 0.3) is 10.2 Å². The molecule has 0 N–H and O–H groups in total. The van der Waals surface area contributed by atoms with E-state index in [9.17, 15) is 13.6 Å². The molecule has 0 bridgehead atoms. The molecule has 0 unspecified atom stereocenters. The number of pyridine rings is 1. The fraction of sp³-hybridized carbons (Fsp3) is 0.0952. The van der Waals surface area contributed by atoms with Gasteiger partial charge in [-0.25, -0.2) is 13.8 Å². The van der Waals surface area contributed by atoms with Crippen molar-refractivity contribution in [2.45, 2.75) is 6.54 Å². The number of benzene rings is 2. The van der Waals surface area contributed by atoms with E-state index >= 15 is 0 Å². The van der Waals surface area contributed by atoms with Crippen LogP contribution in [0.15, 0.2) is 66.9 Å². The largest absolute Gasteiger partial charge is 0.481 e. The molecule has 2 aromatic carbocycles. The highest BCUT2D eigenvalue weighted by Gasteiger charge is 2.22. The Labute approximate surface area is 169 Å². The van der Waals surface area contributed by atoms with Crippen molar-refractivity contribution in [3.8, 4) is 5.75 Å². The number of nitrogens with zero attached hydrogens (tertiary/aromatic N) is 3. The molecule has 1 amide bonds. The molecule has 0 aliphatic rings. The predicted octanol–water partition coefficient (Wildman–Crippen LogP) is 4.58. The first-order valence-corrected chi connectivity index (χ1v) is 9.55. The molecular formula is C21H15F2N3O2S. The van der Waals surface area contributed by atoms with Gasteiger partial charge in [-0.15, -0.1) is 0 Å². The Hall–Kier alpha value is -3.39. The SMILES string of the molecule is O=C(COc1ccccc1F)N(Cc1ccccn1)c1nc2ccc(F)cc2s1. The maximum absolute atomic E-state index is 13.8. The van der Waals surface area contributed by atoms with Gasteiger partial charge < -0.3 is 4.74 Å². The Bertz CT molecular complexity index is 1150. The summed E-state index contributed by atoms with van der Waals surface area (Å²) in [5.41, 5.74) is 1.23. The van der Waals surface area contributed by atoms with Gasteiger partial charge in [0, 0.05) is 6.20 Å². The fourth-order valence-electron chi connectivity index (χ4n) is 2.70. The van der Waals surface area contributed by atoms with Crippen molar-refractivity contribution in [2.24, 2.45) is 0 Å². The summed E-state index contributed by atoms with van der Waals surface area (Å²) in [6.07, 6.45) is 1.63. The number of thiazole rings is 1. The molecule has 2 aromatic heterocycles. The standard InChI is InChI=1S/C21H15F2N3O2S/c22-14-8-9-17-19(11-14)29-21(25-17)26(12-15-5-3-4-10-24-15)20(27)13-28-18-7-2-1-6-16(18)23/h1-11H,12-13H2. The lowest BCUT2D eigenvalue weighted by atomic mass is 10.3. The summed E-state index contributed by atoms with van der Waals surface area (Å²) in [7, 11) is 0. The Balaban J connectivity index is 1.61. The van der Waals surface area contributed by atoms with Gasteiger partial charge >= 0.3 is 0 Å². The highest BCUT2D eigenvalue weighted by Crippen LogP contribution is 2.30. The van der Waals surface area contributed by atoms with Crippen LogP contribution in [0.1, 0.15) is 5.69 Å². The van der Waals surface area contributed by atoms with Crippen LogP contribution in [0.5, 0.6) is 5.75 Å². The normalized spacial score (nSPS) is 10.8. The van der Waals surface area contributed by atoms with Gasteiger partial charge in [0.2, 0.25) is 0 Å². The Morgan fingerprint density at radius 3 is 2.69 bits per heavy atom. The first-order valence-electron chi connectivity index (χ1n) is 8.74. The second-order valence-electron chi connectivity index (χ2n) is 6.13. The Morgan fingerprint density at radius 1 is 1.07 bits per heavy atom. The molecule has 0 radical (unpaired) electrons. The second kappa shape index (κ2) is 8.32. The first-order chi connectivity index (χ1) is 14.1. The first kappa shape index (κ1) is 18.9. The van der Waals surface area contributed by atoms with Gasteiger partial charge in [-0.3, -0.25) is 14.7 Å². The number of carbonyl (C=O) groups excluding carboxylic acids is 1. The van der Waals surface area contributed by atoms with Crippen LogP contribution in [0.3, 0.4) is 0 Å². The molecule has 146 valence electrons. The smallest absolute Gasteiger partial charge is 0.267 e. The molecule has 29 heavy (non-hydrogen) atoms. The summed E-state index contributed by atoms with van der Waals surface area (Å²) in [5, 5.41) is 0.387. The fourth-order valence-corrected chi connectivity index (χ4v) is 3.70. The molecule has 0 aliphatic carbocycles. The Kier molecular flexibility index (Phi) is 5.44. The number of para-hydroxylation sites is 1. The molecule has 8 heteroatoms. The molecule has 0 fully saturated rings. The van der Waals surface area contributed by atoms with Crippen molar-refractivity contribution in [1.82, 2.24) is 9.97 Å². The van der Waals surface area contributed by atoms with Gasteiger partial charge in [-0.05, 0) is 42.5 Å². The molecule has 0 spiro atoms. The summed E-state index contributed by atoms with van der Waals surface area (Å²) < 4.78 is 33.3. The van der Waals surface area contributed by atoms with Crippen LogP contribution < -0.4 is 9.64 Å². The number of ether oxygens (including phenoxy) is 1. The number of hydrogen-bond donors (Lipinski definition) is 0. The number of fused-ring (bicyclic) bond motifs is 1. The summed E-state index contributed by atoms with van der Waals surface area (Å²) >= 11 is 1.19. The van der Waals surface area contributed by atoms with E-state index in [0.29, 0.717) is 21.0 Å². The van der Waals surface area contributed by atoms with Crippen LogP contribution in [0, 0.1) is 11.6 Å². The second-order valence-corrected chi connectivity index (χ2v) is 7.14. The van der Waals surface area contributed by atoms with Gasteiger partial charge in [0.05, 0.1) is 22.5 Å². The molecular weight excluding hydrogens is 396 g/mol. The molecule has 4 rings (SSSR count). The summed E-state index contributed by atoms with van der Waals surface area (Å²) in [6.45, 7) is -0.222. The average molecular weight is 411 g/mol. The lowest BCUT2D eigenvalue weighted by Crippen LogP contribution is -2.34. The summed E-state index contributed by atoms with van der Waals surface area (Å²) in [6, 6.07) is 15.5. The molecule has 0 saturated carbocycles. The predicted molar refractivity (Wildman–Crippen MR) is 107 cm³/mol. The topological polar surface area (TPSA) is 55.3 Å². The van der Waals surface area contributed by atoms with Crippen LogP contribution in [0.2, 0.25) is 0 Å². The van der Waals surface area contributed by atoms with Crippen molar-refractivity contribution in [2.75, 3.05) is 11.5 Å². The molecule has 2 heterocycles. The van der Waals surface area contributed by atoms with Crippen molar-refractivity contribution in [1.29, 1.82) is 0 Å². The lowest BCUT2D eigenvalue weighted by Gasteiger charge is -2.19. The van der Waals surface area contributed by atoms with E-state index in [1.165, 1.54) is 46.6 Å². The van der Waals surface area contributed by atoms with Gasteiger partial charge in [-0.1, -0.05) is 29.5 Å². The number of rotatable bonds is 6. The van der Waals surface area contributed by atoms with Crippen molar-refractivity contribution >= 4 is 32.6 Å². The van der Waals surface area contributed by atoms with Gasteiger partial charge in [0.15, 0.2) is 23.3 Å². The quantitative estimate of drug-likeness (QED) is 0.466. The third-order valence-electron chi connectivity index (χ3n) is 4.11. The van der Waals surface area contributed by atoms with Crippen LogP contribution >= 0.6 is 11.3 Å². The minimum absolute atomic E-state index is 0.00925. The van der Waals surface area contributed by atoms with Crippen molar-refractivity contribution in [3.63, 3.8) is 0 Å². The summed E-state index contributed by atoms with van der Waals surface area (Å²) in [5.74, 6) is -1.35. The third-order valence-corrected chi connectivity index (χ3v) is 5.15. The monoisotopic (exact) mass is 411 g/mol. The zero-order valence-corrected chi connectivity index (χ0v) is 15.9. The minimum atomic E-state index is -0.549. The lowest BCUT2D eigenvalue weighted by molar-refractivity contribution is -0.120. The number of hydrogen-bond acceptors (Lipinski definition) is 5. The van der Waals surface area contributed by atoms with E-state index in [0.717, 1.165) is 0 Å². The number of aromatic nitrogens is 2. The summed E-state index contributed by atoms with van der Waals surface area (Å²) in [4.78, 5) is 23.0. The van der Waals surface area contributed by atoms with Gasteiger partial charge in [0.1, 0.15) is 5.82 Å². The molecule has 0 saturated heterocycles. The van der Waals surface area contributed by atoms with Crippen molar-refractivity contribution in [3.05, 3.63) is 84.2 Å². The molecule has 0 atom stereocenters. The number of halogens is 2. The molecule has 0 aliphatic heterocycles. The molecule has 4 aromatic rings. The van der Waals surface area contributed by atoms with E-state index in [4.69, 9.17) is 4.74 Å². The highest BCUT2D eigenvalue weighted by molar-refractivity contribution is 7.22. The average Bonchev–Trinajstić information content (AvgIpc) is 3.14. The number of anilines is 1. The number of amides is 1. The number of carbonyl (C=O) groups is 1. The van der Waals surface area contributed by atoms with Crippen molar-refractivity contribution < 1.29 is 18.3 Å². The molecule has 5 nitrogen and oxygen atoms in total. The van der Waals surface area contributed by atoms with E-state index in [2.05, 4.69) is 9.97 Å². The zero-order chi connectivity index (χ0) is 20.2. The van der Waals surface area contributed by atoms with E-state index in [1.54, 1.807) is 30.5 Å². The highest BCUT2D eigenvalue weighted by atomic mass is 32.1. The van der Waals surface area contributed by atoms with E-state index in [1.807, 2.05) is 6.07 Å². The van der Waals surface area contributed by atoms with Gasteiger partial charge in [0.25, 0.3) is 5.91 Å². The van der Waals surface area contributed by atoms with Crippen LogP contribution in [-0.4, -0.2) is 22.5 Å². The maximum Gasteiger partial charge on any atom is 0.267 e. The van der Waals surface area contributed by atoms with E-state index in [-0.39, 0.29) is 24.7 Å². The van der Waals surface area contributed by atoms with Crippen LogP contribution in [-0.2, 0) is 11.3 Å². The van der Waals surface area contributed by atoms with E-state index < -0.39 is 11.7 Å². The third kappa shape index (κ3) is 4.38. The van der Waals surface area contributed by atoms with Crippen LogP contribution in [0.4, 0.5) is 13.9 Å². The maximum atomic E-state index is 13.8. The minimum Gasteiger partial charge on any atom is -0.481 e. The zero-order valence-electron chi connectivity index (χ0n) is 15.1. The Morgan fingerprint density at radius 2 is 1.90 bits per heavy atom. The van der Waals surface area contributed by atoms with Gasteiger partial charge in [-0.2, -0.15) is 0 Å².